The summed E-state index contributed by atoms with van der Waals surface area (Å²) in [5.41, 5.74) is 5.44. The molecule has 4 aromatic heterocycles. The van der Waals surface area contributed by atoms with Crippen molar-refractivity contribution in [3.05, 3.63) is 116 Å². The maximum absolute atomic E-state index is 5.04. The van der Waals surface area contributed by atoms with Crippen LogP contribution in [0.25, 0.3) is 69.8 Å². The molecule has 0 spiro atoms. The van der Waals surface area contributed by atoms with Gasteiger partial charge >= 0.3 is 0 Å². The van der Waals surface area contributed by atoms with Gasteiger partial charge in [0.15, 0.2) is 0 Å². The number of benzene rings is 4. The van der Waals surface area contributed by atoms with Crippen LogP contribution in [-0.4, -0.2) is 14.5 Å². The summed E-state index contributed by atoms with van der Waals surface area (Å²) in [7, 11) is 0. The lowest BCUT2D eigenvalue weighted by molar-refractivity contribution is 1.10. The highest BCUT2D eigenvalue weighted by atomic mass is 32.1. The van der Waals surface area contributed by atoms with E-state index in [0.29, 0.717) is 0 Å². The Kier molecular flexibility index (Phi) is 4.10. The molecule has 8 aromatic rings. The molecule has 0 atom stereocenters. The third-order valence-electron chi connectivity index (χ3n) is 7.07. The van der Waals surface area contributed by atoms with E-state index >= 15 is 0 Å². The normalized spacial score (nSPS) is 11.9. The quantitative estimate of drug-likeness (QED) is 0.249. The number of hydrogen-bond donors (Lipinski definition) is 0. The van der Waals surface area contributed by atoms with E-state index in [1.165, 1.54) is 25.6 Å². The van der Waals surface area contributed by atoms with E-state index in [1.54, 1.807) is 0 Å². The van der Waals surface area contributed by atoms with Crippen LogP contribution in [0, 0.1) is 0 Å². The first-order chi connectivity index (χ1) is 17.8. The lowest BCUT2D eigenvalue weighted by Crippen LogP contribution is -1.98. The van der Waals surface area contributed by atoms with E-state index < -0.39 is 0 Å². The Hall–Kier alpha value is -4.54. The van der Waals surface area contributed by atoms with Gasteiger partial charge in [-0.05, 0) is 41.3 Å². The van der Waals surface area contributed by atoms with Crippen LogP contribution in [0.15, 0.2) is 116 Å². The van der Waals surface area contributed by atoms with Gasteiger partial charge in [0, 0.05) is 48.9 Å². The van der Waals surface area contributed by atoms with E-state index in [9.17, 15) is 0 Å². The molecule has 0 N–H and O–H groups in total. The number of hydrogen-bond acceptors (Lipinski definition) is 3. The Balaban J connectivity index is 1.55. The van der Waals surface area contributed by atoms with E-state index in [2.05, 4.69) is 102 Å². The van der Waals surface area contributed by atoms with Crippen LogP contribution in [0.5, 0.6) is 0 Å². The molecule has 0 aliphatic heterocycles. The first kappa shape index (κ1) is 19.7. The molecule has 0 amide bonds. The lowest BCUT2D eigenvalue weighted by atomic mass is 10.1. The average molecular weight is 478 g/mol. The molecule has 0 radical (unpaired) electrons. The molecule has 4 aromatic carbocycles. The van der Waals surface area contributed by atoms with E-state index in [1.807, 2.05) is 29.8 Å². The van der Waals surface area contributed by atoms with Crippen LogP contribution in [-0.2, 0) is 0 Å². The molecule has 8 rings (SSSR count). The van der Waals surface area contributed by atoms with Crippen LogP contribution >= 0.6 is 11.3 Å². The predicted molar refractivity (Wildman–Crippen MR) is 152 cm³/mol. The van der Waals surface area contributed by atoms with Crippen LogP contribution in [0.1, 0.15) is 0 Å². The summed E-state index contributed by atoms with van der Waals surface area (Å²) in [6.45, 7) is 0. The topological polar surface area (TPSA) is 30.7 Å². The SMILES string of the molecule is c1ccc(-c2cnc3c4cc5c(cc4n(-c4nccc6ccccc46)c3c2)sc2ccccc25)cc1. The van der Waals surface area contributed by atoms with Gasteiger partial charge in [-0.25, -0.2) is 4.98 Å². The van der Waals surface area contributed by atoms with Gasteiger partial charge in [0.1, 0.15) is 5.82 Å². The molecular weight excluding hydrogens is 458 g/mol. The standard InChI is InChI=1S/C32H19N3S/c1-2-8-20(9-3-1)22-16-28-31(34-19-22)26-17-25-24-12-6-7-13-29(24)36-30(25)18-27(26)35(28)32-23-11-5-4-10-21(23)14-15-33-32/h1-19H. The van der Waals surface area contributed by atoms with Crippen LogP contribution < -0.4 is 0 Å². The molecule has 0 aliphatic carbocycles. The second-order valence-corrected chi connectivity index (χ2v) is 10.2. The van der Waals surface area contributed by atoms with Crippen LogP contribution in [0.3, 0.4) is 0 Å². The van der Waals surface area contributed by atoms with Crippen molar-refractivity contribution in [2.45, 2.75) is 0 Å². The Morgan fingerprint density at radius 2 is 1.36 bits per heavy atom. The Bertz CT molecular complexity index is 2100. The fraction of sp³-hybridized carbons (Fsp3) is 0. The smallest absolute Gasteiger partial charge is 0.145 e. The first-order valence-corrected chi connectivity index (χ1v) is 12.8. The van der Waals surface area contributed by atoms with Gasteiger partial charge in [0.05, 0.1) is 16.6 Å². The second kappa shape index (κ2) is 7.48. The average Bonchev–Trinajstić information content (AvgIpc) is 3.46. The molecule has 0 aliphatic rings. The Labute approximate surface area is 210 Å². The number of rotatable bonds is 2. The van der Waals surface area contributed by atoms with E-state index in [0.717, 1.165) is 44.3 Å². The minimum atomic E-state index is 0.931. The maximum Gasteiger partial charge on any atom is 0.145 e. The highest BCUT2D eigenvalue weighted by Gasteiger charge is 2.19. The fourth-order valence-electron chi connectivity index (χ4n) is 5.39. The van der Waals surface area contributed by atoms with Crippen molar-refractivity contribution >= 4 is 64.2 Å². The zero-order valence-electron chi connectivity index (χ0n) is 19.2. The minimum absolute atomic E-state index is 0.931. The summed E-state index contributed by atoms with van der Waals surface area (Å²) in [5.74, 6) is 0.931. The summed E-state index contributed by atoms with van der Waals surface area (Å²) in [5, 5.41) is 6.02. The lowest BCUT2D eigenvalue weighted by Gasteiger charge is -2.11. The number of pyridine rings is 2. The third kappa shape index (κ3) is 2.79. The molecular formula is C32H19N3S. The molecule has 168 valence electrons. The van der Waals surface area contributed by atoms with Gasteiger partial charge < -0.3 is 0 Å². The van der Waals surface area contributed by atoms with Crippen LogP contribution in [0.4, 0.5) is 0 Å². The van der Waals surface area contributed by atoms with E-state index in [-0.39, 0.29) is 0 Å². The van der Waals surface area contributed by atoms with Crippen molar-refractivity contribution in [1.29, 1.82) is 0 Å². The highest BCUT2D eigenvalue weighted by molar-refractivity contribution is 7.25. The fourth-order valence-corrected chi connectivity index (χ4v) is 6.52. The zero-order valence-corrected chi connectivity index (χ0v) is 20.0. The molecule has 0 saturated heterocycles. The number of thiophene rings is 1. The zero-order chi connectivity index (χ0) is 23.6. The number of aromatic nitrogens is 3. The number of nitrogens with zero attached hydrogens (tertiary/aromatic N) is 3. The first-order valence-electron chi connectivity index (χ1n) is 12.0. The molecule has 36 heavy (non-hydrogen) atoms. The van der Waals surface area contributed by atoms with Crippen molar-refractivity contribution in [2.24, 2.45) is 0 Å². The van der Waals surface area contributed by atoms with Crippen LogP contribution in [0.2, 0.25) is 0 Å². The molecule has 0 bridgehead atoms. The largest absolute Gasteiger partial charge is 0.292 e. The summed E-state index contributed by atoms with van der Waals surface area (Å²) in [6.07, 6.45) is 3.90. The van der Waals surface area contributed by atoms with Crippen molar-refractivity contribution in [3.8, 4) is 16.9 Å². The summed E-state index contributed by atoms with van der Waals surface area (Å²) in [4.78, 5) is 9.95. The highest BCUT2D eigenvalue weighted by Crippen LogP contribution is 2.41. The molecule has 0 fully saturated rings. The molecule has 4 heteroatoms. The van der Waals surface area contributed by atoms with Gasteiger partial charge in [-0.1, -0.05) is 72.8 Å². The van der Waals surface area contributed by atoms with Gasteiger partial charge in [-0.2, -0.15) is 0 Å². The monoisotopic (exact) mass is 477 g/mol. The van der Waals surface area contributed by atoms with Crippen molar-refractivity contribution in [1.82, 2.24) is 14.5 Å². The van der Waals surface area contributed by atoms with Crippen molar-refractivity contribution in [3.63, 3.8) is 0 Å². The van der Waals surface area contributed by atoms with Gasteiger partial charge in [0.2, 0.25) is 0 Å². The van der Waals surface area contributed by atoms with Crippen molar-refractivity contribution < 1.29 is 0 Å². The Morgan fingerprint density at radius 3 is 2.28 bits per heavy atom. The predicted octanol–water partition coefficient (Wildman–Crippen LogP) is 8.76. The molecule has 3 nitrogen and oxygen atoms in total. The second-order valence-electron chi connectivity index (χ2n) is 9.11. The van der Waals surface area contributed by atoms with Gasteiger partial charge in [0.25, 0.3) is 0 Å². The van der Waals surface area contributed by atoms with Gasteiger partial charge in [-0.15, -0.1) is 11.3 Å². The van der Waals surface area contributed by atoms with Gasteiger partial charge in [-0.3, -0.25) is 9.55 Å². The molecule has 4 heterocycles. The third-order valence-corrected chi connectivity index (χ3v) is 8.20. The maximum atomic E-state index is 5.04. The summed E-state index contributed by atoms with van der Waals surface area (Å²) < 4.78 is 4.88. The molecule has 0 unspecified atom stereocenters. The summed E-state index contributed by atoms with van der Waals surface area (Å²) in [6, 6.07) is 36.5. The summed E-state index contributed by atoms with van der Waals surface area (Å²) >= 11 is 1.84. The van der Waals surface area contributed by atoms with Crippen molar-refractivity contribution in [2.75, 3.05) is 0 Å². The molecule has 0 saturated carbocycles. The minimum Gasteiger partial charge on any atom is -0.292 e. The Morgan fingerprint density at radius 1 is 0.556 bits per heavy atom. The van der Waals surface area contributed by atoms with E-state index in [4.69, 9.17) is 9.97 Å². The number of fused-ring (bicyclic) bond motifs is 7.